The minimum atomic E-state index is -0.270. The molecule has 0 radical (unpaired) electrons. The molecule has 0 saturated heterocycles. The van der Waals surface area contributed by atoms with Gasteiger partial charge in [-0.15, -0.1) is 0 Å². The van der Waals surface area contributed by atoms with Gasteiger partial charge in [-0.1, -0.05) is 76.3 Å². The highest BCUT2D eigenvalue weighted by molar-refractivity contribution is 6.07. The van der Waals surface area contributed by atoms with Crippen LogP contribution in [0.5, 0.6) is 0 Å². The van der Waals surface area contributed by atoms with Crippen molar-refractivity contribution < 1.29 is 9.53 Å². The molecule has 15 heteroatoms. The molecule has 3 aromatic heterocycles. The highest BCUT2D eigenvalue weighted by Gasteiger charge is 2.17. The van der Waals surface area contributed by atoms with E-state index in [9.17, 15) is 4.79 Å². The Hall–Kier alpha value is -8.44. The Balaban J connectivity index is 0.000000197. The summed E-state index contributed by atoms with van der Waals surface area (Å²) >= 11 is 0. The van der Waals surface area contributed by atoms with E-state index in [1.54, 1.807) is 0 Å². The number of carbonyl (C=O) groups is 1. The zero-order valence-corrected chi connectivity index (χ0v) is 64.8. The molecule has 0 spiro atoms. The van der Waals surface area contributed by atoms with Gasteiger partial charge < -0.3 is 55.8 Å². The first kappa shape index (κ1) is 80.5. The van der Waals surface area contributed by atoms with Crippen LogP contribution in [0.15, 0.2) is 128 Å². The van der Waals surface area contributed by atoms with Crippen molar-refractivity contribution >= 4 is 88.4 Å². The molecule has 0 saturated carbocycles. The highest BCUT2D eigenvalue weighted by atomic mass is 16.5. The van der Waals surface area contributed by atoms with Gasteiger partial charge in [-0.3, -0.25) is 15.0 Å². The number of carbonyl (C=O) groups excluding carboxylic acids is 1. The molecule has 7 aromatic carbocycles. The number of hydrogen-bond donors (Lipinski definition) is 5. The monoisotopic (exact) mass is 1360 g/mol. The number of rotatable bonds is 27. The average Bonchev–Trinajstić information content (AvgIpc) is 0.791. The van der Waals surface area contributed by atoms with Crippen molar-refractivity contribution in [2.45, 2.75) is 108 Å². The Morgan fingerprint density at radius 2 is 0.710 bits per heavy atom. The summed E-state index contributed by atoms with van der Waals surface area (Å²) in [6.07, 6.45) is 15.2. The topological polar surface area (TPSA) is 141 Å². The molecular weight excluding hydrogens is 1240 g/mol. The highest BCUT2D eigenvalue weighted by Crippen LogP contribution is 2.33. The van der Waals surface area contributed by atoms with Gasteiger partial charge >= 0.3 is 5.97 Å². The van der Waals surface area contributed by atoms with Crippen molar-refractivity contribution in [3.05, 3.63) is 189 Å². The van der Waals surface area contributed by atoms with Crippen LogP contribution in [0, 0.1) is 69.2 Å². The first-order valence-electron chi connectivity index (χ1n) is 35.9. The third kappa shape index (κ3) is 25.3. The lowest BCUT2D eigenvalue weighted by molar-refractivity contribution is 0.0527. The molecule has 10 rings (SSSR count). The van der Waals surface area contributed by atoms with Gasteiger partial charge in [0.15, 0.2) is 0 Å². The van der Waals surface area contributed by atoms with E-state index in [1.807, 2.05) is 50.0 Å². The van der Waals surface area contributed by atoms with E-state index in [2.05, 4.69) is 291 Å². The third-order valence-corrected chi connectivity index (χ3v) is 17.4. The maximum Gasteiger partial charge on any atom is 0.340 e. The molecule has 100 heavy (non-hydrogen) atoms. The minimum absolute atomic E-state index is 0.270. The number of aryl methyl sites for hydroxylation is 10. The molecule has 0 aliphatic carbocycles. The van der Waals surface area contributed by atoms with Crippen LogP contribution in [-0.4, -0.2) is 188 Å². The Morgan fingerprint density at radius 3 is 1.13 bits per heavy atom. The lowest BCUT2D eigenvalue weighted by atomic mass is 9.98. The van der Waals surface area contributed by atoms with Crippen LogP contribution >= 0.6 is 0 Å². The Kier molecular flexibility index (Phi) is 32.8. The van der Waals surface area contributed by atoms with E-state index in [0.717, 1.165) is 126 Å². The predicted octanol–water partition coefficient (Wildman–Crippen LogP) is 17.5. The van der Waals surface area contributed by atoms with E-state index < -0.39 is 0 Å². The summed E-state index contributed by atoms with van der Waals surface area (Å²) in [4.78, 5) is 36.5. The number of nitrogens with one attached hydrogen (secondary N) is 5. The van der Waals surface area contributed by atoms with Crippen LogP contribution < -0.4 is 26.6 Å². The molecule has 0 aliphatic heterocycles. The normalized spacial score (nSPS) is 11.2. The van der Waals surface area contributed by atoms with E-state index >= 15 is 0 Å². The Labute approximate surface area is 600 Å². The van der Waals surface area contributed by atoms with Gasteiger partial charge in [0, 0.05) is 100 Å². The summed E-state index contributed by atoms with van der Waals surface area (Å²) in [7, 11) is 21.0. The SMILES string of the molecule is CCOC(=O)c1ccc2c(C)cc(C)cc2c1NCCCN(C)C.Cc1cc(C)c2cccc(NCCCN(C)C)c2c1.Cc1cc(C)c2cncc(NCCCN(C)C)c2c1.Cc1cc(C)c2cncc(NCCCN(C)C)c2c1.Cc1cc(C)c2nccc(NCCCN(C)C)c2c1. The van der Waals surface area contributed by atoms with Crippen molar-refractivity contribution in [2.24, 2.45) is 0 Å². The zero-order chi connectivity index (χ0) is 73.0. The van der Waals surface area contributed by atoms with Crippen LogP contribution in [0.3, 0.4) is 0 Å². The molecule has 538 valence electrons. The summed E-state index contributed by atoms with van der Waals surface area (Å²) in [6.45, 7) is 33.8. The lowest BCUT2D eigenvalue weighted by Gasteiger charge is -2.17. The Morgan fingerprint density at radius 1 is 0.360 bits per heavy atom. The van der Waals surface area contributed by atoms with E-state index in [-0.39, 0.29) is 5.97 Å². The quantitative estimate of drug-likeness (QED) is 0.0246. The van der Waals surface area contributed by atoms with Crippen LogP contribution in [0.4, 0.5) is 28.4 Å². The fraction of sp³-hybridized carbons (Fsp3) is 0.435. The summed E-state index contributed by atoms with van der Waals surface area (Å²) in [5.41, 5.74) is 20.1. The number of pyridine rings is 3. The summed E-state index contributed by atoms with van der Waals surface area (Å²) in [5, 5.41) is 28.8. The van der Waals surface area contributed by atoms with Crippen LogP contribution in [0.25, 0.3) is 54.0 Å². The zero-order valence-electron chi connectivity index (χ0n) is 64.8. The molecule has 15 nitrogen and oxygen atoms in total. The minimum Gasteiger partial charge on any atom is -0.462 e. The summed E-state index contributed by atoms with van der Waals surface area (Å²) in [5.74, 6) is -0.270. The van der Waals surface area contributed by atoms with Crippen molar-refractivity contribution in [1.82, 2.24) is 39.5 Å². The van der Waals surface area contributed by atoms with Crippen molar-refractivity contribution in [3.63, 3.8) is 0 Å². The van der Waals surface area contributed by atoms with Gasteiger partial charge in [0.05, 0.1) is 47.1 Å². The van der Waals surface area contributed by atoms with Crippen molar-refractivity contribution in [3.8, 4) is 0 Å². The third-order valence-electron chi connectivity index (χ3n) is 17.4. The van der Waals surface area contributed by atoms with Crippen molar-refractivity contribution in [1.29, 1.82) is 0 Å². The number of fused-ring (bicyclic) bond motifs is 5. The first-order valence-corrected chi connectivity index (χ1v) is 35.9. The maximum atomic E-state index is 12.3. The number of hydrogen-bond acceptors (Lipinski definition) is 15. The number of benzene rings is 7. The predicted molar refractivity (Wildman–Crippen MR) is 435 cm³/mol. The van der Waals surface area contributed by atoms with Gasteiger partial charge in [-0.2, -0.15) is 0 Å². The fourth-order valence-electron chi connectivity index (χ4n) is 12.7. The molecule has 3 heterocycles. The Bertz CT molecular complexity index is 3800. The lowest BCUT2D eigenvalue weighted by Crippen LogP contribution is -2.17. The molecule has 0 atom stereocenters. The maximum absolute atomic E-state index is 12.3. The van der Waals surface area contributed by atoms with E-state index in [4.69, 9.17) is 4.74 Å². The van der Waals surface area contributed by atoms with E-state index in [0.29, 0.717) is 12.2 Å². The number of ether oxygens (including phenoxy) is 1. The van der Waals surface area contributed by atoms with Gasteiger partial charge in [-0.05, 0) is 299 Å². The van der Waals surface area contributed by atoms with Gasteiger partial charge in [0.2, 0.25) is 0 Å². The second-order valence-corrected chi connectivity index (χ2v) is 28.4. The van der Waals surface area contributed by atoms with Crippen molar-refractivity contribution in [2.75, 3.05) is 169 Å². The molecule has 0 unspecified atom stereocenters. The number of nitrogens with zero attached hydrogens (tertiary/aromatic N) is 8. The van der Waals surface area contributed by atoms with Crippen LogP contribution in [0.2, 0.25) is 0 Å². The van der Waals surface area contributed by atoms with Gasteiger partial charge in [0.25, 0.3) is 0 Å². The summed E-state index contributed by atoms with van der Waals surface area (Å²) in [6, 6.07) is 34.6. The molecule has 0 bridgehead atoms. The van der Waals surface area contributed by atoms with Crippen LogP contribution in [0.1, 0.15) is 105 Å². The van der Waals surface area contributed by atoms with E-state index in [1.165, 1.54) is 110 Å². The molecule has 0 amide bonds. The fourth-order valence-corrected chi connectivity index (χ4v) is 12.7. The molecule has 0 aliphatic rings. The number of aromatic nitrogens is 3. The van der Waals surface area contributed by atoms with Gasteiger partial charge in [0.1, 0.15) is 0 Å². The number of esters is 1. The molecular formula is C85H121N13O2. The summed E-state index contributed by atoms with van der Waals surface area (Å²) < 4.78 is 5.24. The smallest absolute Gasteiger partial charge is 0.340 e. The molecule has 0 fully saturated rings. The second kappa shape index (κ2) is 40.7. The average molecular weight is 1360 g/mol. The number of anilines is 5. The van der Waals surface area contributed by atoms with Crippen LogP contribution in [-0.2, 0) is 4.74 Å². The van der Waals surface area contributed by atoms with Gasteiger partial charge in [-0.25, -0.2) is 4.79 Å². The molecule has 10 aromatic rings. The molecule has 5 N–H and O–H groups in total. The second-order valence-electron chi connectivity index (χ2n) is 28.4. The first-order chi connectivity index (χ1) is 47.7. The standard InChI is InChI=1S/C20H28N2O2.C17H24N2.3C16H23N3/c1-6-24-20(23)17-9-8-16-15(3)12-14(2)13-18(16)19(17)21-10-7-11-22(4)5;1-13-11-14(2)15-7-5-8-17(16(15)12-13)18-9-6-10-19(3)4;1-12-10-13(2)16-14(11-12)15(6-8-18-16)17-7-5-9-19(3)4;2*1-12-8-13(2)15-10-17-11-16(14(15)9-12)18-6-5-7-19(3)4/h8-9,12-13,21H,6-7,10-11H2,1-5H3;5,7-8,11-12,18H,6,9-10H2,1-4H3;6,8,10-11H,5,7,9H2,1-4H3,(H,17,18);2*8-11,18H,5-7H2,1-4H3. The largest absolute Gasteiger partial charge is 0.462 e.